The van der Waals surface area contributed by atoms with Crippen LogP contribution in [-0.4, -0.2) is 13.0 Å². The van der Waals surface area contributed by atoms with Crippen LogP contribution in [0.15, 0.2) is 72.8 Å². The van der Waals surface area contributed by atoms with Crippen LogP contribution in [0, 0.1) is 0 Å². The van der Waals surface area contributed by atoms with Gasteiger partial charge in [-0.3, -0.25) is 4.79 Å². The van der Waals surface area contributed by atoms with Crippen LogP contribution in [0.3, 0.4) is 0 Å². The van der Waals surface area contributed by atoms with Crippen molar-refractivity contribution in [2.75, 3.05) is 7.05 Å². The van der Waals surface area contributed by atoms with Crippen molar-refractivity contribution in [2.45, 2.75) is 18.8 Å². The largest absolute Gasteiger partial charge is 0.355 e. The predicted octanol–water partition coefficient (Wildman–Crippen LogP) is 4.33. The van der Waals surface area contributed by atoms with Crippen LogP contribution in [-0.2, 0) is 12.8 Å². The summed E-state index contributed by atoms with van der Waals surface area (Å²) in [5.74, 6) is 0.0539. The lowest BCUT2D eigenvalue weighted by molar-refractivity contribution is 0.0962. The Labute approximate surface area is 148 Å². The van der Waals surface area contributed by atoms with Crippen LogP contribution in [0.25, 0.3) is 0 Å². The summed E-state index contributed by atoms with van der Waals surface area (Å²) < 4.78 is 0. The number of amides is 1. The molecule has 1 N–H and O–H groups in total. The first-order valence-corrected chi connectivity index (χ1v) is 8.76. The Morgan fingerprint density at radius 3 is 1.80 bits per heavy atom. The average molecular weight is 327 g/mol. The zero-order chi connectivity index (χ0) is 17.2. The summed E-state index contributed by atoms with van der Waals surface area (Å²) in [6.45, 7) is 0. The molecular weight excluding hydrogens is 306 g/mol. The lowest BCUT2D eigenvalue weighted by Gasteiger charge is -2.23. The Morgan fingerprint density at radius 2 is 1.24 bits per heavy atom. The van der Waals surface area contributed by atoms with E-state index in [9.17, 15) is 4.79 Å². The number of fused-ring (bicyclic) bond motifs is 2. The van der Waals surface area contributed by atoms with Gasteiger partial charge in [0.1, 0.15) is 0 Å². The van der Waals surface area contributed by atoms with E-state index in [1.807, 2.05) is 18.2 Å². The fraction of sp³-hybridized carbons (Fsp3) is 0.174. The highest BCUT2D eigenvalue weighted by atomic mass is 16.1. The van der Waals surface area contributed by atoms with Gasteiger partial charge in [-0.15, -0.1) is 0 Å². The monoisotopic (exact) mass is 327 g/mol. The first-order valence-electron chi connectivity index (χ1n) is 8.76. The van der Waals surface area contributed by atoms with Crippen LogP contribution in [0.4, 0.5) is 0 Å². The second-order valence-electron chi connectivity index (χ2n) is 6.50. The summed E-state index contributed by atoms with van der Waals surface area (Å²) in [4.78, 5) is 12.5. The Morgan fingerprint density at radius 1 is 0.760 bits per heavy atom. The van der Waals surface area contributed by atoms with Gasteiger partial charge < -0.3 is 5.32 Å². The van der Waals surface area contributed by atoms with Crippen molar-refractivity contribution in [2.24, 2.45) is 0 Å². The van der Waals surface area contributed by atoms with Gasteiger partial charge in [-0.1, -0.05) is 66.7 Å². The van der Waals surface area contributed by atoms with Gasteiger partial charge in [0.25, 0.3) is 5.91 Å². The molecule has 0 unspecified atom stereocenters. The van der Waals surface area contributed by atoms with E-state index in [2.05, 4.69) is 59.9 Å². The first kappa shape index (κ1) is 15.6. The van der Waals surface area contributed by atoms with E-state index in [1.54, 1.807) is 7.05 Å². The molecule has 0 bridgehead atoms. The molecule has 0 heterocycles. The molecule has 0 saturated carbocycles. The maximum absolute atomic E-state index is 12.5. The van der Waals surface area contributed by atoms with Crippen molar-refractivity contribution in [3.63, 3.8) is 0 Å². The molecule has 0 aliphatic heterocycles. The highest BCUT2D eigenvalue weighted by Crippen LogP contribution is 2.40. The molecule has 0 spiro atoms. The lowest BCUT2D eigenvalue weighted by Crippen LogP contribution is -2.21. The summed E-state index contributed by atoms with van der Waals surface area (Å²) >= 11 is 0. The maximum atomic E-state index is 12.5. The van der Waals surface area contributed by atoms with E-state index in [4.69, 9.17) is 0 Å². The summed E-state index contributed by atoms with van der Waals surface area (Å²) in [6.07, 6.45) is 2.07. The minimum atomic E-state index is -0.0326. The Kier molecular flexibility index (Phi) is 4.10. The molecule has 0 atom stereocenters. The Bertz CT molecular complexity index is 881. The van der Waals surface area contributed by atoms with Crippen molar-refractivity contribution >= 4 is 5.91 Å². The number of aryl methyl sites for hydroxylation is 2. The topological polar surface area (TPSA) is 29.1 Å². The molecule has 2 nitrogen and oxygen atoms in total. The number of hydrogen-bond donors (Lipinski definition) is 1. The second kappa shape index (κ2) is 6.56. The third-order valence-electron chi connectivity index (χ3n) is 5.14. The summed E-state index contributed by atoms with van der Waals surface area (Å²) in [5.41, 5.74) is 7.18. The van der Waals surface area contributed by atoms with Gasteiger partial charge in [-0.05, 0) is 46.7 Å². The standard InChI is InChI=1S/C23H21NO/c1-24-23(25)21-13-7-6-12-20(21)22-18-10-4-2-8-16(18)14-15-17-9-3-5-11-19(17)22/h2-13,22H,14-15H2,1H3,(H,24,25). The quantitative estimate of drug-likeness (QED) is 0.746. The van der Waals surface area contributed by atoms with Crippen LogP contribution in [0.2, 0.25) is 0 Å². The van der Waals surface area contributed by atoms with Gasteiger partial charge >= 0.3 is 0 Å². The molecule has 0 saturated heterocycles. The van der Waals surface area contributed by atoms with E-state index < -0.39 is 0 Å². The van der Waals surface area contributed by atoms with E-state index in [-0.39, 0.29) is 11.8 Å². The average Bonchev–Trinajstić information content (AvgIpc) is 2.84. The summed E-state index contributed by atoms with van der Waals surface area (Å²) in [5, 5.41) is 2.79. The molecule has 25 heavy (non-hydrogen) atoms. The third-order valence-corrected chi connectivity index (χ3v) is 5.14. The number of carbonyl (C=O) groups is 1. The molecule has 0 aromatic heterocycles. The SMILES string of the molecule is CNC(=O)c1ccccc1C1c2ccccc2CCc2ccccc21. The van der Waals surface area contributed by atoms with Crippen molar-refractivity contribution in [3.8, 4) is 0 Å². The number of nitrogens with one attached hydrogen (secondary N) is 1. The zero-order valence-corrected chi connectivity index (χ0v) is 14.3. The minimum absolute atomic E-state index is 0.0326. The molecule has 1 aliphatic rings. The second-order valence-corrected chi connectivity index (χ2v) is 6.50. The molecule has 3 aromatic carbocycles. The van der Waals surface area contributed by atoms with Crippen LogP contribution in [0.5, 0.6) is 0 Å². The first-order chi connectivity index (χ1) is 12.3. The van der Waals surface area contributed by atoms with Gasteiger partial charge in [0.2, 0.25) is 0 Å². The lowest BCUT2D eigenvalue weighted by atomic mass is 9.80. The van der Waals surface area contributed by atoms with E-state index in [0.717, 1.165) is 24.0 Å². The molecule has 0 radical (unpaired) electrons. The molecule has 1 aliphatic carbocycles. The third kappa shape index (κ3) is 2.74. The zero-order valence-electron chi connectivity index (χ0n) is 14.3. The van der Waals surface area contributed by atoms with Crippen molar-refractivity contribution in [1.29, 1.82) is 0 Å². The summed E-state index contributed by atoms with van der Waals surface area (Å²) in [6, 6.07) is 25.2. The van der Waals surface area contributed by atoms with Gasteiger partial charge in [0, 0.05) is 18.5 Å². The molecule has 3 aromatic rings. The number of rotatable bonds is 2. The molecule has 0 fully saturated rings. The van der Waals surface area contributed by atoms with Crippen molar-refractivity contribution < 1.29 is 4.79 Å². The number of benzene rings is 3. The van der Waals surface area contributed by atoms with Crippen LogP contribution in [0.1, 0.15) is 44.1 Å². The normalized spacial score (nSPS) is 13.5. The van der Waals surface area contributed by atoms with E-state index in [0.29, 0.717) is 0 Å². The molecule has 2 heteroatoms. The van der Waals surface area contributed by atoms with Crippen molar-refractivity contribution in [3.05, 3.63) is 106 Å². The van der Waals surface area contributed by atoms with E-state index in [1.165, 1.54) is 22.3 Å². The summed E-state index contributed by atoms with van der Waals surface area (Å²) in [7, 11) is 1.69. The minimum Gasteiger partial charge on any atom is -0.355 e. The maximum Gasteiger partial charge on any atom is 0.251 e. The Hall–Kier alpha value is -2.87. The molecule has 4 rings (SSSR count). The Balaban J connectivity index is 2.00. The van der Waals surface area contributed by atoms with Gasteiger partial charge in [0.05, 0.1) is 0 Å². The van der Waals surface area contributed by atoms with Gasteiger partial charge in [0.15, 0.2) is 0 Å². The smallest absolute Gasteiger partial charge is 0.251 e. The number of hydrogen-bond acceptors (Lipinski definition) is 1. The predicted molar refractivity (Wildman–Crippen MR) is 101 cm³/mol. The van der Waals surface area contributed by atoms with Crippen LogP contribution >= 0.6 is 0 Å². The fourth-order valence-corrected chi connectivity index (χ4v) is 3.95. The van der Waals surface area contributed by atoms with Crippen LogP contribution < -0.4 is 5.32 Å². The fourth-order valence-electron chi connectivity index (χ4n) is 3.95. The van der Waals surface area contributed by atoms with Gasteiger partial charge in [-0.2, -0.15) is 0 Å². The number of carbonyl (C=O) groups excluding carboxylic acids is 1. The molecule has 124 valence electrons. The molecule has 1 amide bonds. The van der Waals surface area contributed by atoms with Crippen molar-refractivity contribution in [1.82, 2.24) is 5.32 Å². The molecular formula is C23H21NO. The highest BCUT2D eigenvalue weighted by molar-refractivity contribution is 5.96. The van der Waals surface area contributed by atoms with E-state index >= 15 is 0 Å². The van der Waals surface area contributed by atoms with Gasteiger partial charge in [-0.25, -0.2) is 0 Å². The highest BCUT2D eigenvalue weighted by Gasteiger charge is 2.27.